The Bertz CT molecular complexity index is 1420. The fraction of sp³-hybridized carbons (Fsp3) is 0.483. The van der Waals surface area contributed by atoms with Gasteiger partial charge in [0.2, 0.25) is 0 Å². The van der Waals surface area contributed by atoms with Crippen LogP contribution in [0.2, 0.25) is 0 Å². The third-order valence-corrected chi connectivity index (χ3v) is 7.94. The lowest BCUT2D eigenvalue weighted by Gasteiger charge is -2.34. The number of nitrogens with zero attached hydrogens (tertiary/aromatic N) is 6. The number of fused-ring (bicyclic) bond motifs is 1. The predicted octanol–water partition coefficient (Wildman–Crippen LogP) is 4.49. The molecule has 0 amide bonds. The molecule has 1 aromatic carbocycles. The van der Waals surface area contributed by atoms with E-state index in [2.05, 4.69) is 48.6 Å². The maximum absolute atomic E-state index is 13.8. The molecule has 2 atom stereocenters. The van der Waals surface area contributed by atoms with E-state index in [0.717, 1.165) is 60.1 Å². The van der Waals surface area contributed by atoms with E-state index in [4.69, 9.17) is 4.74 Å². The third-order valence-electron chi connectivity index (χ3n) is 7.94. The summed E-state index contributed by atoms with van der Waals surface area (Å²) in [6.45, 7) is 4.07. The van der Waals surface area contributed by atoms with Crippen LogP contribution in [0.3, 0.4) is 0 Å². The highest BCUT2D eigenvalue weighted by atomic mass is 16.5. The van der Waals surface area contributed by atoms with Crippen LogP contribution in [0.5, 0.6) is 0 Å². The van der Waals surface area contributed by atoms with Crippen molar-refractivity contribution in [2.45, 2.75) is 76.6 Å². The molecule has 1 aliphatic carbocycles. The molecule has 9 heteroatoms. The summed E-state index contributed by atoms with van der Waals surface area (Å²) in [5.41, 5.74) is 3.54. The molecular formula is C29H35N7O2. The largest absolute Gasteiger partial charge is 0.377 e. The molecule has 4 aromatic rings. The van der Waals surface area contributed by atoms with Crippen LogP contribution in [0.4, 0.5) is 0 Å². The van der Waals surface area contributed by atoms with Gasteiger partial charge in [0.25, 0.3) is 5.56 Å². The number of hydrogen-bond donors (Lipinski definition) is 1. The van der Waals surface area contributed by atoms with Crippen molar-refractivity contribution in [1.29, 1.82) is 0 Å². The van der Waals surface area contributed by atoms with E-state index in [9.17, 15) is 4.79 Å². The molecule has 38 heavy (non-hydrogen) atoms. The second-order valence-corrected chi connectivity index (χ2v) is 10.7. The van der Waals surface area contributed by atoms with Gasteiger partial charge in [0.15, 0.2) is 5.82 Å². The summed E-state index contributed by atoms with van der Waals surface area (Å²) in [7, 11) is 0. The lowest BCUT2D eigenvalue weighted by molar-refractivity contribution is 0.0567. The fourth-order valence-corrected chi connectivity index (χ4v) is 6.04. The van der Waals surface area contributed by atoms with Crippen molar-refractivity contribution in [2.75, 3.05) is 13.2 Å². The molecule has 3 aromatic heterocycles. The molecule has 198 valence electrons. The molecule has 9 nitrogen and oxygen atoms in total. The van der Waals surface area contributed by atoms with Crippen LogP contribution in [0.1, 0.15) is 79.5 Å². The number of aromatic nitrogens is 6. The number of rotatable bonds is 8. The molecule has 0 unspecified atom stereocenters. The zero-order chi connectivity index (χ0) is 25.9. The molecule has 4 heterocycles. The van der Waals surface area contributed by atoms with Gasteiger partial charge in [-0.15, -0.1) is 5.10 Å². The standard InChI is InChI=1S/C29H35N7O2/c1-20-11-12-22-16-25(29(37)31-26(22)15-20)27(28-32-33-34-36(28)23-8-3-2-4-9-23)35(19-24-10-6-14-38-24)18-21-7-5-13-30-17-21/h5,7,11-13,15-17,23-24,27H,2-4,6,8-10,14,18-19H2,1H3,(H,31,37)/t24-,27-/m0/s1. The lowest BCUT2D eigenvalue weighted by atomic mass is 9.95. The summed E-state index contributed by atoms with van der Waals surface area (Å²) < 4.78 is 8.08. The molecule has 0 spiro atoms. The van der Waals surface area contributed by atoms with E-state index in [1.807, 2.05) is 36.0 Å². The average Bonchev–Trinajstić information content (AvgIpc) is 3.63. The first-order valence-electron chi connectivity index (χ1n) is 13.8. The smallest absolute Gasteiger partial charge is 0.253 e. The van der Waals surface area contributed by atoms with Crippen LogP contribution < -0.4 is 5.56 Å². The SMILES string of the molecule is Cc1ccc2cc([C@@H](c3nnnn3C3CCCCC3)N(Cc3cccnc3)C[C@@H]3CCCO3)c(=O)[nH]c2c1. The van der Waals surface area contributed by atoms with Gasteiger partial charge in [-0.05, 0) is 77.7 Å². The Balaban J connectivity index is 1.50. The Morgan fingerprint density at radius 3 is 2.82 bits per heavy atom. The minimum atomic E-state index is -0.439. The highest BCUT2D eigenvalue weighted by molar-refractivity contribution is 5.79. The summed E-state index contributed by atoms with van der Waals surface area (Å²) in [4.78, 5) is 23.6. The van der Waals surface area contributed by atoms with Gasteiger partial charge in [-0.2, -0.15) is 0 Å². The topological polar surface area (TPSA) is 102 Å². The molecule has 6 rings (SSSR count). The first-order valence-corrected chi connectivity index (χ1v) is 13.8. The fourth-order valence-electron chi connectivity index (χ4n) is 6.04. The lowest BCUT2D eigenvalue weighted by Crippen LogP contribution is -2.39. The number of ether oxygens (including phenoxy) is 1. The highest BCUT2D eigenvalue weighted by Crippen LogP contribution is 2.34. The zero-order valence-corrected chi connectivity index (χ0v) is 21.9. The number of aryl methyl sites for hydroxylation is 1. The summed E-state index contributed by atoms with van der Waals surface area (Å²) in [5, 5.41) is 14.2. The summed E-state index contributed by atoms with van der Waals surface area (Å²) in [6.07, 6.45) is 11.5. The van der Waals surface area contributed by atoms with E-state index in [1.54, 1.807) is 6.20 Å². The second-order valence-electron chi connectivity index (χ2n) is 10.7. The van der Waals surface area contributed by atoms with Gasteiger partial charge in [-0.25, -0.2) is 4.68 Å². The third kappa shape index (κ3) is 5.26. The van der Waals surface area contributed by atoms with Crippen molar-refractivity contribution in [1.82, 2.24) is 35.1 Å². The molecular weight excluding hydrogens is 478 g/mol. The van der Waals surface area contributed by atoms with Crippen molar-refractivity contribution in [3.8, 4) is 0 Å². The molecule has 2 fully saturated rings. The van der Waals surface area contributed by atoms with Crippen LogP contribution in [0.25, 0.3) is 10.9 Å². The van der Waals surface area contributed by atoms with Crippen molar-refractivity contribution < 1.29 is 4.74 Å². The molecule has 2 aliphatic rings. The Morgan fingerprint density at radius 1 is 1.13 bits per heavy atom. The summed E-state index contributed by atoms with van der Waals surface area (Å²) in [5.74, 6) is 0.718. The van der Waals surface area contributed by atoms with Crippen LogP contribution in [0.15, 0.2) is 53.6 Å². The average molecular weight is 514 g/mol. The van der Waals surface area contributed by atoms with Crippen LogP contribution in [-0.4, -0.2) is 54.3 Å². The monoisotopic (exact) mass is 513 g/mol. The van der Waals surface area contributed by atoms with Gasteiger partial charge in [-0.1, -0.05) is 37.5 Å². The zero-order valence-electron chi connectivity index (χ0n) is 21.9. The first kappa shape index (κ1) is 24.9. The highest BCUT2D eigenvalue weighted by Gasteiger charge is 2.34. The van der Waals surface area contributed by atoms with Gasteiger partial charge in [0.1, 0.15) is 6.04 Å². The van der Waals surface area contributed by atoms with Gasteiger partial charge >= 0.3 is 0 Å². The summed E-state index contributed by atoms with van der Waals surface area (Å²) in [6, 6.07) is 12.0. The van der Waals surface area contributed by atoms with E-state index in [-0.39, 0.29) is 17.7 Å². The number of tetrazole rings is 1. The molecule has 1 saturated heterocycles. The van der Waals surface area contributed by atoms with Crippen molar-refractivity contribution >= 4 is 10.9 Å². The minimum absolute atomic E-state index is 0.0929. The maximum atomic E-state index is 13.8. The number of nitrogens with one attached hydrogen (secondary N) is 1. The Labute approximate surface area is 222 Å². The number of benzene rings is 1. The van der Waals surface area contributed by atoms with Gasteiger partial charge < -0.3 is 9.72 Å². The van der Waals surface area contributed by atoms with Crippen molar-refractivity contribution in [2.24, 2.45) is 0 Å². The predicted molar refractivity (Wildman–Crippen MR) is 145 cm³/mol. The number of H-pyrrole nitrogens is 1. The minimum Gasteiger partial charge on any atom is -0.377 e. The van der Waals surface area contributed by atoms with E-state index in [0.29, 0.717) is 18.7 Å². The Morgan fingerprint density at radius 2 is 2.03 bits per heavy atom. The molecule has 1 N–H and O–H groups in total. The maximum Gasteiger partial charge on any atom is 0.253 e. The Kier molecular flexibility index (Phi) is 7.29. The van der Waals surface area contributed by atoms with Crippen LogP contribution in [0, 0.1) is 6.92 Å². The molecule has 1 saturated carbocycles. The van der Waals surface area contributed by atoms with E-state index in [1.165, 1.54) is 19.3 Å². The van der Waals surface area contributed by atoms with Gasteiger partial charge in [0, 0.05) is 43.2 Å². The number of pyridine rings is 2. The van der Waals surface area contributed by atoms with Crippen molar-refractivity contribution in [3.05, 3.63) is 81.7 Å². The number of hydrogen-bond acceptors (Lipinski definition) is 7. The molecule has 0 bridgehead atoms. The van der Waals surface area contributed by atoms with E-state index >= 15 is 0 Å². The second kappa shape index (κ2) is 11.1. The normalized spacial score (nSPS) is 19.4. The van der Waals surface area contributed by atoms with Crippen LogP contribution in [-0.2, 0) is 11.3 Å². The van der Waals surface area contributed by atoms with Crippen molar-refractivity contribution in [3.63, 3.8) is 0 Å². The van der Waals surface area contributed by atoms with E-state index < -0.39 is 6.04 Å². The molecule has 0 radical (unpaired) electrons. The van der Waals surface area contributed by atoms with Gasteiger partial charge in [-0.3, -0.25) is 14.7 Å². The number of aromatic amines is 1. The van der Waals surface area contributed by atoms with Gasteiger partial charge in [0.05, 0.1) is 12.1 Å². The van der Waals surface area contributed by atoms with Crippen LogP contribution >= 0.6 is 0 Å². The first-order chi connectivity index (χ1) is 18.7. The Hall–Kier alpha value is -3.43. The molecule has 1 aliphatic heterocycles. The summed E-state index contributed by atoms with van der Waals surface area (Å²) >= 11 is 0. The quantitative estimate of drug-likeness (QED) is 0.370.